The summed E-state index contributed by atoms with van der Waals surface area (Å²) in [4.78, 5) is 2.07. The van der Waals surface area contributed by atoms with Crippen LogP contribution in [0.15, 0.2) is 12.1 Å². The fraction of sp³-hybridized carbons (Fsp3) is 0.700. The van der Waals surface area contributed by atoms with Gasteiger partial charge in [-0.3, -0.25) is 4.90 Å². The Balaban J connectivity index is 2.39. The van der Waals surface area contributed by atoms with Crippen molar-refractivity contribution in [3.05, 3.63) is 28.8 Å². The zero-order valence-electron chi connectivity index (χ0n) is 16.7. The lowest BCUT2D eigenvalue weighted by molar-refractivity contribution is 0.250. The lowest BCUT2D eigenvalue weighted by Gasteiger charge is -2.30. The number of nitrogens with zero attached hydrogens (tertiary/aromatic N) is 1. The van der Waals surface area contributed by atoms with E-state index in [9.17, 15) is 13.5 Å². The van der Waals surface area contributed by atoms with Gasteiger partial charge < -0.3 is 5.11 Å². The molecule has 0 bridgehead atoms. The van der Waals surface area contributed by atoms with Crippen LogP contribution in [0.5, 0.6) is 5.75 Å². The largest absolute Gasteiger partial charge is 0.507 e. The molecule has 1 aromatic rings. The molecule has 1 heterocycles. The molecule has 0 saturated carbocycles. The Hall–Kier alpha value is -1.07. The van der Waals surface area contributed by atoms with E-state index in [-0.39, 0.29) is 28.4 Å². The van der Waals surface area contributed by atoms with Gasteiger partial charge in [-0.2, -0.15) is 0 Å². The van der Waals surface area contributed by atoms with Gasteiger partial charge in [-0.05, 0) is 35.4 Å². The van der Waals surface area contributed by atoms with Crippen molar-refractivity contribution in [1.82, 2.24) is 4.90 Å². The number of phenolic OH excluding ortho intramolecular Hbond substituents is 1. The quantitative estimate of drug-likeness (QED) is 0.887. The van der Waals surface area contributed by atoms with Gasteiger partial charge in [0.25, 0.3) is 0 Å². The van der Waals surface area contributed by atoms with Crippen LogP contribution in [-0.2, 0) is 27.2 Å². The molecule has 0 aliphatic carbocycles. The minimum Gasteiger partial charge on any atom is -0.507 e. The molecule has 1 aromatic carbocycles. The van der Waals surface area contributed by atoms with E-state index in [2.05, 4.69) is 58.6 Å². The lowest BCUT2D eigenvalue weighted by Crippen LogP contribution is -2.32. The van der Waals surface area contributed by atoms with Crippen molar-refractivity contribution in [2.75, 3.05) is 18.6 Å². The van der Waals surface area contributed by atoms with Crippen LogP contribution in [0.1, 0.15) is 64.7 Å². The fourth-order valence-electron chi connectivity index (χ4n) is 3.34. The zero-order chi connectivity index (χ0) is 19.2. The Morgan fingerprint density at radius 1 is 1.12 bits per heavy atom. The summed E-state index contributed by atoms with van der Waals surface area (Å²) in [6, 6.07) is 4.21. The molecule has 1 aliphatic heterocycles. The van der Waals surface area contributed by atoms with Crippen molar-refractivity contribution < 1.29 is 13.5 Å². The highest BCUT2D eigenvalue weighted by Crippen LogP contribution is 2.38. The standard InChI is InChI=1S/C20H33NO3S/c1-19(2,3)15-10-14(18(22)17(11-15)20(4,5)6)12-21(7)16-8-9-25(23,24)13-16/h10-11,16,22H,8-9,12-13H2,1-7H3. The fourth-order valence-corrected chi connectivity index (χ4v) is 5.15. The number of hydrogen-bond acceptors (Lipinski definition) is 4. The maximum absolute atomic E-state index is 11.8. The van der Waals surface area contributed by atoms with Crippen LogP contribution in [0.2, 0.25) is 0 Å². The summed E-state index contributed by atoms with van der Waals surface area (Å²) in [6.07, 6.45) is 0.671. The van der Waals surface area contributed by atoms with Gasteiger partial charge in [0.05, 0.1) is 11.5 Å². The second kappa shape index (κ2) is 6.58. The molecule has 1 unspecified atom stereocenters. The SMILES string of the molecule is CN(Cc1cc(C(C)(C)C)cc(C(C)(C)C)c1O)C1CCS(=O)(=O)C1. The zero-order valence-corrected chi connectivity index (χ0v) is 17.5. The van der Waals surface area contributed by atoms with Gasteiger partial charge in [0.1, 0.15) is 5.75 Å². The number of aromatic hydroxyl groups is 1. The number of benzene rings is 1. The van der Waals surface area contributed by atoms with Crippen LogP contribution >= 0.6 is 0 Å². The Morgan fingerprint density at radius 2 is 1.72 bits per heavy atom. The van der Waals surface area contributed by atoms with Crippen LogP contribution in [0.4, 0.5) is 0 Å². The molecule has 25 heavy (non-hydrogen) atoms. The van der Waals surface area contributed by atoms with Crippen molar-refractivity contribution in [1.29, 1.82) is 0 Å². The third kappa shape index (κ3) is 4.76. The molecule has 0 aromatic heterocycles. The Morgan fingerprint density at radius 3 is 2.16 bits per heavy atom. The molecule has 4 nitrogen and oxygen atoms in total. The first-order valence-corrected chi connectivity index (χ1v) is 10.8. The number of phenols is 1. The maximum Gasteiger partial charge on any atom is 0.151 e. The summed E-state index contributed by atoms with van der Waals surface area (Å²) in [5.74, 6) is 0.826. The van der Waals surface area contributed by atoms with E-state index in [0.29, 0.717) is 18.7 Å². The molecule has 0 radical (unpaired) electrons. The molecule has 1 N–H and O–H groups in total. The van der Waals surface area contributed by atoms with E-state index >= 15 is 0 Å². The third-order valence-electron chi connectivity index (χ3n) is 5.11. The van der Waals surface area contributed by atoms with Crippen LogP contribution in [0.3, 0.4) is 0 Å². The first-order chi connectivity index (χ1) is 11.2. The Kier molecular flexibility index (Phi) is 5.33. The second-order valence-electron chi connectivity index (χ2n) is 9.50. The average molecular weight is 368 g/mol. The molecule has 1 fully saturated rings. The van der Waals surface area contributed by atoms with Gasteiger partial charge in [0, 0.05) is 18.2 Å². The van der Waals surface area contributed by atoms with Crippen molar-refractivity contribution in [3.63, 3.8) is 0 Å². The second-order valence-corrected chi connectivity index (χ2v) is 11.7. The van der Waals surface area contributed by atoms with Gasteiger partial charge in [0.2, 0.25) is 0 Å². The molecule has 142 valence electrons. The molecule has 0 amide bonds. The Labute approximate surface area is 153 Å². The van der Waals surface area contributed by atoms with Crippen LogP contribution in [0.25, 0.3) is 0 Å². The number of hydrogen-bond donors (Lipinski definition) is 1. The monoisotopic (exact) mass is 367 g/mol. The molecular formula is C20H33NO3S. The van der Waals surface area contributed by atoms with Crippen molar-refractivity contribution >= 4 is 9.84 Å². The number of sulfone groups is 1. The van der Waals surface area contributed by atoms with Crippen molar-refractivity contribution in [2.24, 2.45) is 0 Å². The lowest BCUT2D eigenvalue weighted by atomic mass is 9.79. The molecular weight excluding hydrogens is 334 g/mol. The third-order valence-corrected chi connectivity index (χ3v) is 6.86. The molecule has 1 atom stereocenters. The molecule has 2 rings (SSSR count). The van der Waals surface area contributed by atoms with E-state index in [0.717, 1.165) is 11.1 Å². The topological polar surface area (TPSA) is 57.6 Å². The van der Waals surface area contributed by atoms with Crippen molar-refractivity contribution in [2.45, 2.75) is 71.4 Å². The van der Waals surface area contributed by atoms with E-state index < -0.39 is 9.84 Å². The highest BCUT2D eigenvalue weighted by molar-refractivity contribution is 7.91. The molecule has 5 heteroatoms. The van der Waals surface area contributed by atoms with Crippen molar-refractivity contribution in [3.8, 4) is 5.75 Å². The first kappa shape index (κ1) is 20.2. The number of rotatable bonds is 3. The molecule has 1 saturated heterocycles. The highest BCUT2D eigenvalue weighted by Gasteiger charge is 2.32. The van der Waals surface area contributed by atoms with Gasteiger partial charge in [-0.15, -0.1) is 0 Å². The van der Waals surface area contributed by atoms with Gasteiger partial charge in [-0.1, -0.05) is 53.7 Å². The minimum absolute atomic E-state index is 0.0162. The van der Waals surface area contributed by atoms with E-state index in [1.807, 2.05) is 7.05 Å². The Bertz CT molecular complexity index is 739. The smallest absolute Gasteiger partial charge is 0.151 e. The molecule has 0 spiro atoms. The highest BCUT2D eigenvalue weighted by atomic mass is 32.2. The van der Waals surface area contributed by atoms with E-state index in [1.165, 1.54) is 5.56 Å². The maximum atomic E-state index is 11.8. The van der Waals surface area contributed by atoms with E-state index in [1.54, 1.807) is 0 Å². The summed E-state index contributed by atoms with van der Waals surface area (Å²) in [7, 11) is -0.960. The summed E-state index contributed by atoms with van der Waals surface area (Å²) in [5.41, 5.74) is 2.84. The predicted molar refractivity (Wildman–Crippen MR) is 104 cm³/mol. The summed E-state index contributed by atoms with van der Waals surface area (Å²) < 4.78 is 23.5. The van der Waals surface area contributed by atoms with Gasteiger partial charge in [0.15, 0.2) is 9.84 Å². The predicted octanol–water partition coefficient (Wildman–Crippen LogP) is 3.61. The summed E-state index contributed by atoms with van der Waals surface area (Å²) in [5, 5.41) is 10.9. The van der Waals surface area contributed by atoms with Gasteiger partial charge >= 0.3 is 0 Å². The van der Waals surface area contributed by atoms with Gasteiger partial charge in [-0.25, -0.2) is 8.42 Å². The average Bonchev–Trinajstić information content (AvgIpc) is 2.78. The van der Waals surface area contributed by atoms with Crippen LogP contribution in [-0.4, -0.2) is 43.0 Å². The summed E-state index contributed by atoms with van der Waals surface area (Å²) >= 11 is 0. The summed E-state index contributed by atoms with van der Waals surface area (Å²) in [6.45, 7) is 13.4. The molecule has 1 aliphatic rings. The minimum atomic E-state index is -2.91. The first-order valence-electron chi connectivity index (χ1n) is 8.98. The normalized spacial score (nSPS) is 21.0. The van der Waals surface area contributed by atoms with Crippen LogP contribution in [0, 0.1) is 0 Å². The van der Waals surface area contributed by atoms with E-state index in [4.69, 9.17) is 0 Å². The van der Waals surface area contributed by atoms with Crippen LogP contribution < -0.4 is 0 Å².